The van der Waals surface area contributed by atoms with Gasteiger partial charge in [-0.1, -0.05) is 0 Å². The van der Waals surface area contributed by atoms with Crippen LogP contribution in [0.3, 0.4) is 0 Å². The summed E-state index contributed by atoms with van der Waals surface area (Å²) >= 11 is 0. The topological polar surface area (TPSA) is 82.4 Å². The summed E-state index contributed by atoms with van der Waals surface area (Å²) in [6, 6.07) is 4.95. The first-order valence-corrected chi connectivity index (χ1v) is 8.00. The van der Waals surface area contributed by atoms with Gasteiger partial charge in [0.15, 0.2) is 0 Å². The highest BCUT2D eigenvalue weighted by Gasteiger charge is 2.40. The molecule has 0 unspecified atom stereocenters. The number of nitrogens with one attached hydrogen (secondary N) is 1. The zero-order chi connectivity index (χ0) is 18.0. The van der Waals surface area contributed by atoms with Crippen LogP contribution in [0.2, 0.25) is 0 Å². The third kappa shape index (κ3) is 3.61. The molecule has 25 heavy (non-hydrogen) atoms. The Morgan fingerprint density at radius 3 is 2.52 bits per heavy atom. The summed E-state index contributed by atoms with van der Waals surface area (Å²) in [4.78, 5) is 25.9. The van der Waals surface area contributed by atoms with E-state index in [4.69, 9.17) is 4.74 Å². The summed E-state index contributed by atoms with van der Waals surface area (Å²) in [5.41, 5.74) is -0.907. The number of halogens is 2. The highest BCUT2D eigenvalue weighted by Crippen LogP contribution is 2.28. The molecule has 1 N–H and O–H groups in total. The summed E-state index contributed by atoms with van der Waals surface area (Å²) in [5, 5.41) is 12.1. The number of hydrogen-bond donors (Lipinski definition) is 1. The average molecular weight is 349 g/mol. The Morgan fingerprint density at radius 1 is 1.28 bits per heavy atom. The fourth-order valence-corrected chi connectivity index (χ4v) is 3.15. The lowest BCUT2D eigenvalue weighted by molar-refractivity contribution is -0.128. The zero-order valence-electron chi connectivity index (χ0n) is 13.4. The molecule has 3 rings (SSSR count). The van der Waals surface area contributed by atoms with Gasteiger partial charge < -0.3 is 15.0 Å². The molecule has 2 aliphatic rings. The molecule has 0 bridgehead atoms. The van der Waals surface area contributed by atoms with Gasteiger partial charge in [-0.05, 0) is 12.1 Å². The van der Waals surface area contributed by atoms with Gasteiger partial charge in [0.1, 0.15) is 17.2 Å². The molecule has 132 valence electrons. The lowest BCUT2D eigenvalue weighted by Crippen LogP contribution is -2.52. The molecule has 0 radical (unpaired) electrons. The Kier molecular flexibility index (Phi) is 4.68. The molecule has 1 aromatic rings. The van der Waals surface area contributed by atoms with Crippen LogP contribution >= 0.6 is 0 Å². The van der Waals surface area contributed by atoms with E-state index in [1.807, 2.05) is 0 Å². The minimum atomic E-state index is -0.989. The lowest BCUT2D eigenvalue weighted by Gasteiger charge is -2.32. The number of carbonyl (C=O) groups excluding carboxylic acids is 2. The molecular formula is C17H17F2N3O3. The van der Waals surface area contributed by atoms with E-state index < -0.39 is 29.0 Å². The van der Waals surface area contributed by atoms with Crippen LogP contribution in [-0.2, 0) is 14.3 Å². The quantitative estimate of drug-likeness (QED) is 0.897. The maximum atomic E-state index is 13.4. The van der Waals surface area contributed by atoms with Crippen molar-refractivity contribution in [1.82, 2.24) is 5.32 Å². The van der Waals surface area contributed by atoms with Crippen LogP contribution < -0.4 is 10.2 Å². The Labute approximate surface area is 143 Å². The first-order valence-electron chi connectivity index (χ1n) is 8.00. The smallest absolute Gasteiger partial charge is 0.227 e. The summed E-state index contributed by atoms with van der Waals surface area (Å²) in [6.07, 6.45) is 0.700. The molecule has 6 nitrogen and oxygen atoms in total. The van der Waals surface area contributed by atoms with Crippen LogP contribution in [0.4, 0.5) is 14.5 Å². The van der Waals surface area contributed by atoms with Gasteiger partial charge in [-0.25, -0.2) is 8.78 Å². The molecular weight excluding hydrogens is 332 g/mol. The van der Waals surface area contributed by atoms with E-state index in [0.29, 0.717) is 26.1 Å². The number of nitriles is 1. The van der Waals surface area contributed by atoms with Gasteiger partial charge in [0.2, 0.25) is 11.8 Å². The fraction of sp³-hybridized carbons (Fsp3) is 0.471. The predicted octanol–water partition coefficient (Wildman–Crippen LogP) is 1.51. The summed E-state index contributed by atoms with van der Waals surface area (Å²) < 4.78 is 31.9. The monoisotopic (exact) mass is 349 g/mol. The van der Waals surface area contributed by atoms with E-state index in [9.17, 15) is 23.6 Å². The first kappa shape index (κ1) is 17.3. The Morgan fingerprint density at radius 2 is 1.92 bits per heavy atom. The van der Waals surface area contributed by atoms with Gasteiger partial charge in [-0.15, -0.1) is 0 Å². The van der Waals surface area contributed by atoms with E-state index in [0.717, 1.165) is 18.2 Å². The average Bonchev–Trinajstić information content (AvgIpc) is 2.97. The predicted molar refractivity (Wildman–Crippen MR) is 83.4 cm³/mol. The molecule has 0 aliphatic carbocycles. The van der Waals surface area contributed by atoms with Gasteiger partial charge in [-0.2, -0.15) is 5.26 Å². The number of benzene rings is 1. The zero-order valence-corrected chi connectivity index (χ0v) is 13.4. The second kappa shape index (κ2) is 6.76. The summed E-state index contributed by atoms with van der Waals surface area (Å²) in [7, 11) is 0. The third-order valence-corrected chi connectivity index (χ3v) is 4.58. The molecule has 2 amide bonds. The van der Waals surface area contributed by atoms with Crippen molar-refractivity contribution in [3.05, 3.63) is 29.8 Å². The van der Waals surface area contributed by atoms with Gasteiger partial charge in [0.05, 0.1) is 12.0 Å². The van der Waals surface area contributed by atoms with E-state index in [1.165, 1.54) is 4.90 Å². The van der Waals surface area contributed by atoms with E-state index in [2.05, 4.69) is 11.4 Å². The van der Waals surface area contributed by atoms with Crippen molar-refractivity contribution in [1.29, 1.82) is 5.26 Å². The second-order valence-corrected chi connectivity index (χ2v) is 6.33. The largest absolute Gasteiger partial charge is 0.381 e. The number of carbonyl (C=O) groups is 2. The number of amides is 2. The van der Waals surface area contributed by atoms with Crippen LogP contribution in [0.15, 0.2) is 18.2 Å². The van der Waals surface area contributed by atoms with Gasteiger partial charge in [0.25, 0.3) is 0 Å². The standard InChI is InChI=1S/C17H17F2N3O3/c18-12-6-13(19)8-14(7-12)22-9-11(5-15(22)23)16(24)21-17(10-20)1-3-25-4-2-17/h6-8,11H,1-5,9H2,(H,21,24)/t11-/m1/s1. The molecule has 1 atom stereocenters. The molecule has 2 fully saturated rings. The first-order chi connectivity index (χ1) is 11.9. The van der Waals surface area contributed by atoms with Gasteiger partial charge in [0, 0.05) is 50.8 Å². The van der Waals surface area contributed by atoms with E-state index in [-0.39, 0.29) is 24.6 Å². The number of rotatable bonds is 3. The van der Waals surface area contributed by atoms with Crippen molar-refractivity contribution < 1.29 is 23.1 Å². The molecule has 2 saturated heterocycles. The number of anilines is 1. The minimum Gasteiger partial charge on any atom is -0.381 e. The Balaban J connectivity index is 1.71. The van der Waals surface area contributed by atoms with Crippen LogP contribution in [0.5, 0.6) is 0 Å². The highest BCUT2D eigenvalue weighted by atomic mass is 19.1. The maximum Gasteiger partial charge on any atom is 0.227 e. The number of hydrogen-bond acceptors (Lipinski definition) is 4. The third-order valence-electron chi connectivity index (χ3n) is 4.58. The highest BCUT2D eigenvalue weighted by molar-refractivity contribution is 6.00. The van der Waals surface area contributed by atoms with Crippen molar-refractivity contribution in [3.8, 4) is 6.07 Å². The van der Waals surface area contributed by atoms with Crippen molar-refractivity contribution in [2.24, 2.45) is 5.92 Å². The summed E-state index contributed by atoms with van der Waals surface area (Å²) in [5.74, 6) is -3.05. The van der Waals surface area contributed by atoms with Crippen molar-refractivity contribution in [3.63, 3.8) is 0 Å². The van der Waals surface area contributed by atoms with Gasteiger partial charge >= 0.3 is 0 Å². The van der Waals surface area contributed by atoms with Crippen LogP contribution in [0, 0.1) is 28.9 Å². The Hall–Kier alpha value is -2.53. The van der Waals surface area contributed by atoms with E-state index in [1.54, 1.807) is 0 Å². The SMILES string of the molecule is N#CC1(NC(=O)[C@@H]2CC(=O)N(c3cc(F)cc(F)c3)C2)CCOCC1. The molecule has 1 aromatic carbocycles. The Bertz CT molecular complexity index is 721. The van der Waals surface area contributed by atoms with Crippen molar-refractivity contribution in [2.75, 3.05) is 24.7 Å². The molecule has 2 aliphatic heterocycles. The maximum absolute atomic E-state index is 13.4. The minimum absolute atomic E-state index is 0.0194. The van der Waals surface area contributed by atoms with Crippen LogP contribution in [0.1, 0.15) is 19.3 Å². The molecule has 2 heterocycles. The van der Waals surface area contributed by atoms with Crippen molar-refractivity contribution >= 4 is 17.5 Å². The molecule has 0 saturated carbocycles. The van der Waals surface area contributed by atoms with Crippen LogP contribution in [0.25, 0.3) is 0 Å². The summed E-state index contributed by atoms with van der Waals surface area (Å²) in [6.45, 7) is 0.782. The normalized spacial score (nSPS) is 22.5. The molecule has 8 heteroatoms. The van der Waals surface area contributed by atoms with Gasteiger partial charge in [-0.3, -0.25) is 9.59 Å². The van der Waals surface area contributed by atoms with E-state index >= 15 is 0 Å². The molecule has 0 aromatic heterocycles. The lowest BCUT2D eigenvalue weighted by atomic mass is 9.90. The van der Waals surface area contributed by atoms with Crippen LogP contribution in [-0.4, -0.2) is 37.1 Å². The molecule has 0 spiro atoms. The fourth-order valence-electron chi connectivity index (χ4n) is 3.15. The second-order valence-electron chi connectivity index (χ2n) is 6.33. The van der Waals surface area contributed by atoms with Crippen molar-refractivity contribution in [2.45, 2.75) is 24.8 Å². The number of nitrogens with zero attached hydrogens (tertiary/aromatic N) is 2. The number of ether oxygens (including phenoxy) is 1.